The molecule has 0 unspecified atom stereocenters. The fourth-order valence-electron chi connectivity index (χ4n) is 5.93. The van der Waals surface area contributed by atoms with Gasteiger partial charge in [0.25, 0.3) is 0 Å². The highest BCUT2D eigenvalue weighted by molar-refractivity contribution is 5.73. The van der Waals surface area contributed by atoms with Crippen LogP contribution in [0.5, 0.6) is 0 Å². The highest BCUT2D eigenvalue weighted by Gasteiger charge is 2.64. The third-order valence-corrected chi connectivity index (χ3v) is 6.96. The zero-order valence-electron chi connectivity index (χ0n) is 14.4. The predicted molar refractivity (Wildman–Crippen MR) is 82.0 cm³/mol. The van der Waals surface area contributed by atoms with Crippen LogP contribution in [0, 0.1) is 22.7 Å². The van der Waals surface area contributed by atoms with Crippen molar-refractivity contribution in [1.82, 2.24) is 0 Å². The molecule has 1 saturated heterocycles. The predicted octanol–water partition coefficient (Wildman–Crippen LogP) is 3.48. The summed E-state index contributed by atoms with van der Waals surface area (Å²) in [4.78, 5) is 23.3. The van der Waals surface area contributed by atoms with Crippen molar-refractivity contribution >= 4 is 11.9 Å². The van der Waals surface area contributed by atoms with E-state index in [0.717, 1.165) is 25.7 Å². The maximum Gasteiger partial charge on any atom is 0.306 e. The molecule has 3 aliphatic rings. The van der Waals surface area contributed by atoms with E-state index in [0.29, 0.717) is 12.3 Å². The van der Waals surface area contributed by atoms with Crippen molar-refractivity contribution in [2.75, 3.05) is 0 Å². The largest absolute Gasteiger partial charge is 0.462 e. The number of hydrogen-bond acceptors (Lipinski definition) is 4. The van der Waals surface area contributed by atoms with Crippen molar-refractivity contribution < 1.29 is 19.1 Å². The number of ether oxygens (including phenoxy) is 2. The van der Waals surface area contributed by atoms with Gasteiger partial charge in [-0.2, -0.15) is 0 Å². The lowest BCUT2D eigenvalue weighted by Crippen LogP contribution is -2.59. The molecule has 124 valence electrons. The van der Waals surface area contributed by atoms with Gasteiger partial charge in [-0.05, 0) is 43.9 Å². The fourth-order valence-corrected chi connectivity index (χ4v) is 5.93. The summed E-state index contributed by atoms with van der Waals surface area (Å²) in [5.41, 5.74) is -0.280. The lowest BCUT2D eigenvalue weighted by atomic mass is 9.45. The summed E-state index contributed by atoms with van der Waals surface area (Å²) >= 11 is 0. The SMILES string of the molecule is CC(=O)O[C@H]1CC[C@@]2(C)[C@@H](CC[C@@]3(C)OC(=O)C[C@@H]23)C1(C)C. The number of carbonyl (C=O) groups excluding carboxylic acids is 2. The normalized spacial score (nSPS) is 46.4. The van der Waals surface area contributed by atoms with Crippen LogP contribution in [0.4, 0.5) is 0 Å². The Balaban J connectivity index is 1.93. The first-order valence-electron chi connectivity index (χ1n) is 8.49. The Bertz CT molecular complexity index is 511. The van der Waals surface area contributed by atoms with Crippen molar-refractivity contribution in [2.24, 2.45) is 22.7 Å². The van der Waals surface area contributed by atoms with E-state index in [2.05, 4.69) is 27.7 Å². The number of carbonyl (C=O) groups is 2. The Kier molecular flexibility index (Phi) is 3.39. The second-order valence-corrected chi connectivity index (χ2v) is 8.60. The van der Waals surface area contributed by atoms with E-state index in [-0.39, 0.29) is 40.4 Å². The Morgan fingerprint density at radius 2 is 1.82 bits per heavy atom. The second kappa shape index (κ2) is 4.72. The van der Waals surface area contributed by atoms with Gasteiger partial charge in [0.05, 0.1) is 6.42 Å². The van der Waals surface area contributed by atoms with E-state index in [1.54, 1.807) is 0 Å². The first kappa shape index (κ1) is 15.8. The molecular weight excluding hydrogens is 280 g/mol. The van der Waals surface area contributed by atoms with Crippen LogP contribution in [0.25, 0.3) is 0 Å². The molecule has 4 nitrogen and oxygen atoms in total. The maximum absolute atomic E-state index is 11.9. The third-order valence-electron chi connectivity index (χ3n) is 6.96. The van der Waals surface area contributed by atoms with Crippen LogP contribution >= 0.6 is 0 Å². The summed E-state index contributed by atoms with van der Waals surface area (Å²) in [7, 11) is 0. The van der Waals surface area contributed by atoms with Gasteiger partial charge in [-0.25, -0.2) is 0 Å². The first-order valence-corrected chi connectivity index (χ1v) is 8.49. The van der Waals surface area contributed by atoms with Gasteiger partial charge in [0.1, 0.15) is 11.7 Å². The van der Waals surface area contributed by atoms with Gasteiger partial charge in [0.2, 0.25) is 0 Å². The molecule has 0 amide bonds. The second-order valence-electron chi connectivity index (χ2n) is 8.60. The van der Waals surface area contributed by atoms with Crippen molar-refractivity contribution in [1.29, 1.82) is 0 Å². The first-order chi connectivity index (χ1) is 10.1. The molecule has 0 radical (unpaired) electrons. The molecule has 0 spiro atoms. The average molecular weight is 308 g/mol. The van der Waals surface area contributed by atoms with E-state index in [1.165, 1.54) is 6.92 Å². The summed E-state index contributed by atoms with van der Waals surface area (Å²) in [5, 5.41) is 0. The molecule has 0 aromatic carbocycles. The molecule has 0 bridgehead atoms. The topological polar surface area (TPSA) is 52.6 Å². The Hall–Kier alpha value is -1.06. The van der Waals surface area contributed by atoms with Crippen LogP contribution < -0.4 is 0 Å². The maximum atomic E-state index is 11.9. The van der Waals surface area contributed by atoms with Crippen LogP contribution in [0.3, 0.4) is 0 Å². The van der Waals surface area contributed by atoms with Crippen LogP contribution in [0.1, 0.15) is 66.7 Å². The van der Waals surface area contributed by atoms with Crippen LogP contribution in [-0.2, 0) is 19.1 Å². The molecule has 0 aromatic heterocycles. The lowest BCUT2D eigenvalue weighted by Gasteiger charge is -2.61. The summed E-state index contributed by atoms with van der Waals surface area (Å²) in [6.45, 7) is 10.4. The highest BCUT2D eigenvalue weighted by Crippen LogP contribution is 2.65. The third kappa shape index (κ3) is 2.10. The Morgan fingerprint density at radius 1 is 1.14 bits per heavy atom. The van der Waals surface area contributed by atoms with Gasteiger partial charge in [0.15, 0.2) is 0 Å². The standard InChI is InChI=1S/C18H28O4/c1-11(19)21-14-7-8-17(4)12(16(14,2)3)6-9-18(5)13(17)10-15(20)22-18/h12-14H,6-10H2,1-5H3/t12-,13-,14-,17-,18+/m0/s1. The van der Waals surface area contributed by atoms with Gasteiger partial charge in [-0.15, -0.1) is 0 Å². The molecule has 2 saturated carbocycles. The summed E-state index contributed by atoms with van der Waals surface area (Å²) < 4.78 is 11.3. The molecule has 5 atom stereocenters. The molecule has 3 fully saturated rings. The molecule has 0 N–H and O–H groups in total. The zero-order chi connectivity index (χ0) is 16.3. The number of hydrogen-bond donors (Lipinski definition) is 0. The van der Waals surface area contributed by atoms with Crippen LogP contribution in [0.2, 0.25) is 0 Å². The van der Waals surface area contributed by atoms with Gasteiger partial charge < -0.3 is 9.47 Å². The van der Waals surface area contributed by atoms with Crippen molar-refractivity contribution in [3.8, 4) is 0 Å². The van der Waals surface area contributed by atoms with E-state index in [4.69, 9.17) is 9.47 Å². The van der Waals surface area contributed by atoms with Crippen molar-refractivity contribution in [3.05, 3.63) is 0 Å². The van der Waals surface area contributed by atoms with Crippen molar-refractivity contribution in [3.63, 3.8) is 0 Å². The van der Waals surface area contributed by atoms with Crippen LogP contribution in [0.15, 0.2) is 0 Å². The summed E-state index contributed by atoms with van der Waals surface area (Å²) in [5.74, 6) is 0.491. The monoisotopic (exact) mass is 308 g/mol. The fraction of sp³-hybridized carbons (Fsp3) is 0.889. The Morgan fingerprint density at radius 3 is 2.45 bits per heavy atom. The molecule has 1 aliphatic heterocycles. The van der Waals surface area contributed by atoms with E-state index in [9.17, 15) is 9.59 Å². The minimum atomic E-state index is -0.299. The molecule has 4 heteroatoms. The van der Waals surface area contributed by atoms with Gasteiger partial charge in [-0.3, -0.25) is 9.59 Å². The number of fused-ring (bicyclic) bond motifs is 3. The summed E-state index contributed by atoms with van der Waals surface area (Å²) in [6.07, 6.45) is 4.33. The minimum absolute atomic E-state index is 0.0227. The van der Waals surface area contributed by atoms with E-state index >= 15 is 0 Å². The minimum Gasteiger partial charge on any atom is -0.462 e. The smallest absolute Gasteiger partial charge is 0.306 e. The molecule has 1 heterocycles. The Labute approximate surface area is 132 Å². The quantitative estimate of drug-likeness (QED) is 0.696. The van der Waals surface area contributed by atoms with Crippen LogP contribution in [-0.4, -0.2) is 23.6 Å². The van der Waals surface area contributed by atoms with Crippen molar-refractivity contribution in [2.45, 2.75) is 78.4 Å². The number of rotatable bonds is 1. The van der Waals surface area contributed by atoms with Gasteiger partial charge >= 0.3 is 11.9 Å². The van der Waals surface area contributed by atoms with E-state index < -0.39 is 0 Å². The van der Waals surface area contributed by atoms with Gasteiger partial charge in [-0.1, -0.05) is 20.8 Å². The molecule has 2 aliphatic carbocycles. The van der Waals surface area contributed by atoms with E-state index in [1.807, 2.05) is 0 Å². The average Bonchev–Trinajstić information content (AvgIpc) is 2.69. The summed E-state index contributed by atoms with van der Waals surface area (Å²) in [6, 6.07) is 0. The zero-order valence-corrected chi connectivity index (χ0v) is 14.4. The molecular formula is C18H28O4. The highest BCUT2D eigenvalue weighted by atomic mass is 16.6. The molecule has 22 heavy (non-hydrogen) atoms. The molecule has 0 aromatic rings. The number of esters is 2. The lowest BCUT2D eigenvalue weighted by molar-refractivity contribution is -0.196. The van der Waals surface area contributed by atoms with Gasteiger partial charge in [0, 0.05) is 18.3 Å². The molecule has 3 rings (SSSR count).